The summed E-state index contributed by atoms with van der Waals surface area (Å²) in [6.07, 6.45) is 3.98. The van der Waals surface area contributed by atoms with Gasteiger partial charge in [-0.2, -0.15) is 0 Å². The Morgan fingerprint density at radius 1 is 1.16 bits per heavy atom. The van der Waals surface area contributed by atoms with Crippen LogP contribution < -0.4 is 10.2 Å². The van der Waals surface area contributed by atoms with Crippen LogP contribution in [0.15, 0.2) is 51.6 Å². The number of hydrogen-bond donors (Lipinski definition) is 1. The second-order valence-electron chi connectivity index (χ2n) is 9.02. The third-order valence-corrected chi connectivity index (χ3v) is 11.0. The Kier molecular flexibility index (Phi) is 4.89. The molecule has 2 bridgehead atoms. The molecule has 1 aromatic carbocycles. The quantitative estimate of drug-likeness (QED) is 0.545. The van der Waals surface area contributed by atoms with Crippen molar-refractivity contribution in [3.63, 3.8) is 0 Å². The van der Waals surface area contributed by atoms with E-state index in [-0.39, 0.29) is 17.3 Å². The number of benzene rings is 1. The van der Waals surface area contributed by atoms with Crippen molar-refractivity contribution < 1.29 is 4.79 Å². The molecule has 3 aromatic rings. The van der Waals surface area contributed by atoms with Crippen molar-refractivity contribution in [3.8, 4) is 0 Å². The number of aromatic nitrogens is 1. The molecule has 4 nitrogen and oxygen atoms in total. The van der Waals surface area contributed by atoms with Gasteiger partial charge in [-0.05, 0) is 67.5 Å². The number of anilines is 1. The molecule has 7 heteroatoms. The fraction of sp³-hybridized carbons (Fsp3) is 0.417. The number of fused-ring (bicyclic) bond motifs is 6. The van der Waals surface area contributed by atoms with E-state index in [9.17, 15) is 9.59 Å². The van der Waals surface area contributed by atoms with Crippen molar-refractivity contribution in [2.24, 2.45) is 17.8 Å². The summed E-state index contributed by atoms with van der Waals surface area (Å²) in [5.41, 5.74) is 1.92. The minimum absolute atomic E-state index is 0.00886. The number of amides is 1. The van der Waals surface area contributed by atoms with Crippen LogP contribution in [0.5, 0.6) is 0 Å². The number of carbonyl (C=O) groups is 1. The highest BCUT2D eigenvalue weighted by molar-refractivity contribution is 8.00. The van der Waals surface area contributed by atoms with Crippen LogP contribution in [0.1, 0.15) is 40.5 Å². The summed E-state index contributed by atoms with van der Waals surface area (Å²) < 4.78 is 1.73. The molecule has 1 aliphatic heterocycles. The SMILES string of the molecule is Cc1ccc(NC(=O)Cn2c3c(sc2=O)[C@@H](c2cccs2)[C@H]2[C@@H]4CC[C@@H](C4)[C@@H]2S3)cc1. The molecular formula is C24H24N2O2S3. The van der Waals surface area contributed by atoms with Gasteiger partial charge >= 0.3 is 4.87 Å². The average Bonchev–Trinajstić information content (AvgIpc) is 3.54. The number of rotatable bonds is 4. The Morgan fingerprint density at radius 3 is 2.74 bits per heavy atom. The third-order valence-electron chi connectivity index (χ3n) is 7.18. The Hall–Kier alpha value is -1.83. The van der Waals surface area contributed by atoms with Gasteiger partial charge < -0.3 is 5.32 Å². The molecule has 160 valence electrons. The molecule has 0 unspecified atom stereocenters. The standard InChI is InChI=1S/C24H24N2O2S3/c1-13-4-8-16(9-5-13)25-18(27)12-26-23-22(31-24(26)28)20(17-3-2-10-29-17)19-14-6-7-15(11-14)21(19)30-23/h2-5,8-10,14-15,19-21H,6-7,11-12H2,1H3,(H,25,27)/t14-,15+,19-,20+,21+/m1/s1. The number of aryl methyl sites for hydroxylation is 1. The van der Waals surface area contributed by atoms with Gasteiger partial charge in [-0.25, -0.2) is 0 Å². The predicted molar refractivity (Wildman–Crippen MR) is 129 cm³/mol. The minimum atomic E-state index is -0.144. The monoisotopic (exact) mass is 468 g/mol. The summed E-state index contributed by atoms with van der Waals surface area (Å²) in [6, 6.07) is 12.1. The predicted octanol–water partition coefficient (Wildman–Crippen LogP) is 5.57. The van der Waals surface area contributed by atoms with Crippen molar-refractivity contribution >= 4 is 46.0 Å². The van der Waals surface area contributed by atoms with Gasteiger partial charge in [-0.15, -0.1) is 23.1 Å². The molecule has 1 amide bonds. The zero-order chi connectivity index (χ0) is 21.1. The highest BCUT2D eigenvalue weighted by Gasteiger charge is 2.55. The second-order valence-corrected chi connectivity index (χ2v) is 12.2. The number of thioether (sulfide) groups is 1. The maximum atomic E-state index is 13.0. The Morgan fingerprint density at radius 2 is 1.97 bits per heavy atom. The molecule has 2 aliphatic carbocycles. The van der Waals surface area contributed by atoms with Crippen molar-refractivity contribution in [2.45, 2.75) is 48.9 Å². The van der Waals surface area contributed by atoms with E-state index in [0.717, 1.165) is 28.1 Å². The van der Waals surface area contributed by atoms with Crippen LogP contribution in [0.4, 0.5) is 5.69 Å². The van der Waals surface area contributed by atoms with Crippen molar-refractivity contribution in [3.05, 3.63) is 66.8 Å². The maximum Gasteiger partial charge on any atom is 0.308 e. The maximum absolute atomic E-state index is 13.0. The van der Waals surface area contributed by atoms with Crippen LogP contribution in [-0.4, -0.2) is 15.7 Å². The van der Waals surface area contributed by atoms with Gasteiger partial charge in [0, 0.05) is 26.6 Å². The van der Waals surface area contributed by atoms with Crippen LogP contribution in [0.3, 0.4) is 0 Å². The molecule has 1 N–H and O–H groups in total. The van der Waals surface area contributed by atoms with Crippen LogP contribution in [0, 0.1) is 24.7 Å². The normalized spacial score (nSPS) is 28.4. The average molecular weight is 469 g/mol. The summed E-state index contributed by atoms with van der Waals surface area (Å²) in [7, 11) is 0. The molecule has 0 radical (unpaired) electrons. The van der Waals surface area contributed by atoms with Crippen LogP contribution >= 0.6 is 34.4 Å². The van der Waals surface area contributed by atoms with Gasteiger partial charge in [0.15, 0.2) is 0 Å². The lowest BCUT2D eigenvalue weighted by Crippen LogP contribution is -2.34. The molecule has 3 heterocycles. The number of nitrogens with zero attached hydrogens (tertiary/aromatic N) is 1. The van der Waals surface area contributed by atoms with E-state index < -0.39 is 0 Å². The number of nitrogens with one attached hydrogen (secondary N) is 1. The first-order valence-corrected chi connectivity index (χ1v) is 13.5. The summed E-state index contributed by atoms with van der Waals surface area (Å²) in [4.78, 5) is 28.4. The van der Waals surface area contributed by atoms with E-state index in [0.29, 0.717) is 17.1 Å². The van der Waals surface area contributed by atoms with E-state index >= 15 is 0 Å². The van der Waals surface area contributed by atoms with E-state index in [1.807, 2.05) is 54.3 Å². The van der Waals surface area contributed by atoms with Gasteiger partial charge in [0.05, 0.1) is 5.03 Å². The van der Waals surface area contributed by atoms with Gasteiger partial charge in [0.1, 0.15) is 6.54 Å². The van der Waals surface area contributed by atoms with Gasteiger partial charge in [0.25, 0.3) is 0 Å². The Labute approximate surface area is 193 Å². The Balaban J connectivity index is 1.34. The summed E-state index contributed by atoms with van der Waals surface area (Å²) in [6.45, 7) is 2.10. The molecular weight excluding hydrogens is 444 g/mol. The first-order valence-electron chi connectivity index (χ1n) is 10.9. The second kappa shape index (κ2) is 7.64. The third kappa shape index (κ3) is 3.33. The number of thiophene rings is 1. The molecule has 0 saturated heterocycles. The van der Waals surface area contributed by atoms with Crippen LogP contribution in [0.25, 0.3) is 0 Å². The zero-order valence-corrected chi connectivity index (χ0v) is 19.7. The highest BCUT2D eigenvalue weighted by Crippen LogP contribution is 2.64. The van der Waals surface area contributed by atoms with Gasteiger partial charge in [-0.1, -0.05) is 35.1 Å². The van der Waals surface area contributed by atoms with Crippen molar-refractivity contribution in [1.82, 2.24) is 4.57 Å². The fourth-order valence-electron chi connectivity index (χ4n) is 5.85. The lowest BCUT2D eigenvalue weighted by molar-refractivity contribution is -0.116. The first kappa shape index (κ1) is 19.8. The molecule has 3 aliphatic rings. The van der Waals surface area contributed by atoms with E-state index in [1.54, 1.807) is 4.57 Å². The van der Waals surface area contributed by atoms with E-state index in [4.69, 9.17) is 0 Å². The Bertz CT molecular complexity index is 1180. The fourth-order valence-corrected chi connectivity index (χ4v) is 9.96. The van der Waals surface area contributed by atoms with E-state index in [1.165, 1.54) is 40.4 Å². The molecule has 31 heavy (non-hydrogen) atoms. The van der Waals surface area contributed by atoms with Gasteiger partial charge in [-0.3, -0.25) is 14.2 Å². The minimum Gasteiger partial charge on any atom is -0.325 e. The number of carbonyl (C=O) groups excluding carboxylic acids is 1. The summed E-state index contributed by atoms with van der Waals surface area (Å²) in [5.74, 6) is 2.33. The molecule has 2 saturated carbocycles. The number of hydrogen-bond acceptors (Lipinski definition) is 5. The number of thiazole rings is 1. The molecule has 2 aromatic heterocycles. The molecule has 2 fully saturated rings. The molecule has 0 spiro atoms. The topological polar surface area (TPSA) is 51.1 Å². The molecule has 5 atom stereocenters. The van der Waals surface area contributed by atoms with E-state index in [2.05, 4.69) is 22.8 Å². The smallest absolute Gasteiger partial charge is 0.308 e. The first-order chi connectivity index (χ1) is 15.1. The zero-order valence-electron chi connectivity index (χ0n) is 17.2. The van der Waals surface area contributed by atoms with Crippen molar-refractivity contribution in [2.75, 3.05) is 5.32 Å². The van der Waals surface area contributed by atoms with Crippen molar-refractivity contribution in [1.29, 1.82) is 0 Å². The van der Waals surface area contributed by atoms with Crippen LogP contribution in [-0.2, 0) is 11.3 Å². The lowest BCUT2D eigenvalue weighted by Gasteiger charge is -2.40. The lowest BCUT2D eigenvalue weighted by atomic mass is 9.77. The van der Waals surface area contributed by atoms with Crippen LogP contribution in [0.2, 0.25) is 0 Å². The van der Waals surface area contributed by atoms with Gasteiger partial charge in [0.2, 0.25) is 5.91 Å². The summed E-state index contributed by atoms with van der Waals surface area (Å²) >= 11 is 5.06. The summed E-state index contributed by atoms with van der Waals surface area (Å²) in [5, 5.41) is 6.71. The molecule has 6 rings (SSSR count). The highest BCUT2D eigenvalue weighted by atomic mass is 32.2. The largest absolute Gasteiger partial charge is 0.325 e.